The van der Waals surface area contributed by atoms with Crippen molar-refractivity contribution in [1.82, 2.24) is 5.32 Å². The molecule has 1 atom stereocenters. The van der Waals surface area contributed by atoms with Gasteiger partial charge < -0.3 is 15.1 Å². The first-order chi connectivity index (χ1) is 13.6. The summed E-state index contributed by atoms with van der Waals surface area (Å²) in [6, 6.07) is 19.5. The average molecular weight is 373 g/mol. The number of fused-ring (bicyclic) bond motifs is 2. The zero-order valence-electron chi connectivity index (χ0n) is 16.1. The number of amides is 2. The topological polar surface area (TPSA) is 52.7 Å². The van der Waals surface area contributed by atoms with E-state index in [9.17, 15) is 9.59 Å². The van der Waals surface area contributed by atoms with E-state index in [0.717, 1.165) is 39.7 Å². The number of benzene rings is 3. The van der Waals surface area contributed by atoms with Crippen LogP contribution in [0.4, 0.5) is 11.4 Å². The third kappa shape index (κ3) is 3.04. The van der Waals surface area contributed by atoms with Crippen molar-refractivity contribution in [1.29, 1.82) is 0 Å². The molecule has 1 unspecified atom stereocenters. The Kier molecular flexibility index (Phi) is 4.84. The molecule has 0 aromatic heterocycles. The van der Waals surface area contributed by atoms with E-state index in [0.29, 0.717) is 13.1 Å². The molecule has 0 saturated carbocycles. The Balaban J connectivity index is 1.87. The number of hydrogen-bond acceptors (Lipinski definition) is 3. The molecule has 0 spiro atoms. The van der Waals surface area contributed by atoms with Crippen molar-refractivity contribution in [3.05, 3.63) is 71.8 Å². The number of nitrogens with one attached hydrogen (secondary N) is 1. The number of aryl methyl sites for hydroxylation is 1. The number of carbonyl (C=O) groups is 2. The molecule has 4 rings (SSSR count). The van der Waals surface area contributed by atoms with Crippen LogP contribution >= 0.6 is 0 Å². The Hall–Kier alpha value is -3.18. The van der Waals surface area contributed by atoms with Gasteiger partial charge in [0.1, 0.15) is 6.04 Å². The Morgan fingerprint density at radius 3 is 2.50 bits per heavy atom. The molecule has 3 aromatic carbocycles. The molecule has 1 aliphatic rings. The Bertz CT molecular complexity index is 1050. The number of nitrogens with zero attached hydrogens (tertiary/aromatic N) is 2. The van der Waals surface area contributed by atoms with E-state index in [1.54, 1.807) is 16.8 Å². The second kappa shape index (κ2) is 7.44. The first-order valence-corrected chi connectivity index (χ1v) is 9.41. The van der Waals surface area contributed by atoms with Crippen LogP contribution < -0.4 is 15.1 Å². The van der Waals surface area contributed by atoms with Crippen molar-refractivity contribution in [3.8, 4) is 0 Å². The van der Waals surface area contributed by atoms with Crippen molar-refractivity contribution in [2.75, 3.05) is 23.4 Å². The highest BCUT2D eigenvalue weighted by atomic mass is 16.2. The Labute approximate surface area is 164 Å². The first kappa shape index (κ1) is 18.2. The minimum absolute atomic E-state index is 0.0355. The maximum Gasteiger partial charge on any atom is 0.246 e. The number of rotatable bonds is 4. The molecular formula is C23H23N3O2. The number of anilines is 2. The molecule has 0 aliphatic carbocycles. The van der Waals surface area contributed by atoms with Gasteiger partial charge in [0.05, 0.1) is 24.5 Å². The van der Waals surface area contributed by atoms with Crippen molar-refractivity contribution < 1.29 is 9.59 Å². The Morgan fingerprint density at radius 2 is 1.75 bits per heavy atom. The van der Waals surface area contributed by atoms with Crippen LogP contribution in [0.5, 0.6) is 0 Å². The third-order valence-corrected chi connectivity index (χ3v) is 5.49. The van der Waals surface area contributed by atoms with Crippen LogP contribution in [0.1, 0.15) is 11.1 Å². The zero-order chi connectivity index (χ0) is 19.7. The lowest BCUT2D eigenvalue weighted by Crippen LogP contribution is -2.48. The highest BCUT2D eigenvalue weighted by Crippen LogP contribution is 2.34. The monoisotopic (exact) mass is 373 g/mol. The van der Waals surface area contributed by atoms with Gasteiger partial charge in [-0.3, -0.25) is 9.59 Å². The number of carbonyl (C=O) groups excluding carboxylic acids is 2. The number of hydrogen-bond donors (Lipinski definition) is 1. The summed E-state index contributed by atoms with van der Waals surface area (Å²) in [5.41, 5.74) is 3.77. The van der Waals surface area contributed by atoms with E-state index >= 15 is 0 Å². The van der Waals surface area contributed by atoms with Gasteiger partial charge in [0.25, 0.3) is 0 Å². The van der Waals surface area contributed by atoms with Crippen LogP contribution in [0, 0.1) is 6.92 Å². The van der Waals surface area contributed by atoms with Gasteiger partial charge in [0.15, 0.2) is 0 Å². The molecule has 142 valence electrons. The second-order valence-electron chi connectivity index (χ2n) is 7.09. The largest absolute Gasteiger partial charge is 0.311 e. The fourth-order valence-corrected chi connectivity index (χ4v) is 3.91. The van der Waals surface area contributed by atoms with Crippen molar-refractivity contribution >= 4 is 34.5 Å². The highest BCUT2D eigenvalue weighted by molar-refractivity contribution is 6.04. The van der Waals surface area contributed by atoms with Gasteiger partial charge in [0.2, 0.25) is 12.3 Å². The molecule has 0 saturated heterocycles. The lowest BCUT2D eigenvalue weighted by Gasteiger charge is -2.26. The summed E-state index contributed by atoms with van der Waals surface area (Å²) < 4.78 is 0. The molecule has 1 N–H and O–H groups in total. The molecule has 28 heavy (non-hydrogen) atoms. The van der Waals surface area contributed by atoms with Gasteiger partial charge in [-0.2, -0.15) is 0 Å². The van der Waals surface area contributed by atoms with Gasteiger partial charge >= 0.3 is 0 Å². The van der Waals surface area contributed by atoms with Gasteiger partial charge in [-0.1, -0.05) is 48.5 Å². The van der Waals surface area contributed by atoms with E-state index in [-0.39, 0.29) is 5.91 Å². The van der Waals surface area contributed by atoms with Crippen LogP contribution in [0.2, 0.25) is 0 Å². The van der Waals surface area contributed by atoms with Crippen LogP contribution in [0.15, 0.2) is 60.7 Å². The molecule has 0 fully saturated rings. The average Bonchev–Trinajstić information content (AvgIpc) is 2.84. The van der Waals surface area contributed by atoms with Crippen molar-refractivity contribution in [2.45, 2.75) is 19.5 Å². The maximum atomic E-state index is 13.4. The van der Waals surface area contributed by atoms with E-state index in [1.807, 2.05) is 36.4 Å². The summed E-state index contributed by atoms with van der Waals surface area (Å²) in [7, 11) is 1.75. The van der Waals surface area contributed by atoms with E-state index in [1.165, 1.54) is 0 Å². The lowest BCUT2D eigenvalue weighted by atomic mass is 9.99. The number of likely N-dealkylation sites (N-methyl/N-ethyl adjacent to an activating group) is 1. The van der Waals surface area contributed by atoms with Gasteiger partial charge in [-0.05, 0) is 48.0 Å². The molecule has 2 amide bonds. The summed E-state index contributed by atoms with van der Waals surface area (Å²) in [5, 5.41) is 5.36. The molecule has 1 heterocycles. The summed E-state index contributed by atoms with van der Waals surface area (Å²) >= 11 is 0. The predicted molar refractivity (Wildman–Crippen MR) is 113 cm³/mol. The standard InChI is InChI=1S/C23H23N3O2/c1-16-11-12-17-7-3-4-8-18(17)19(16)13-26-22-10-6-5-9-21(22)25(15-27)14-20(24-2)23(26)28/h3-12,15,20,24H,13-14H2,1-2H3. The van der Waals surface area contributed by atoms with Gasteiger partial charge in [0, 0.05) is 0 Å². The van der Waals surface area contributed by atoms with Crippen LogP contribution in [0.25, 0.3) is 10.8 Å². The smallest absolute Gasteiger partial charge is 0.246 e. The SMILES string of the molecule is CNC1CN(C=O)c2ccccc2N(Cc2c(C)ccc3ccccc23)C1=O. The minimum atomic E-state index is -0.465. The molecule has 5 nitrogen and oxygen atoms in total. The van der Waals surface area contributed by atoms with Crippen LogP contribution in [0.3, 0.4) is 0 Å². The maximum absolute atomic E-state index is 13.4. The van der Waals surface area contributed by atoms with E-state index in [2.05, 4.69) is 36.5 Å². The van der Waals surface area contributed by atoms with E-state index in [4.69, 9.17) is 0 Å². The highest BCUT2D eigenvalue weighted by Gasteiger charge is 2.33. The zero-order valence-corrected chi connectivity index (χ0v) is 16.1. The van der Waals surface area contributed by atoms with E-state index < -0.39 is 6.04 Å². The van der Waals surface area contributed by atoms with Crippen LogP contribution in [-0.4, -0.2) is 32.0 Å². The van der Waals surface area contributed by atoms with Crippen molar-refractivity contribution in [2.24, 2.45) is 0 Å². The summed E-state index contributed by atoms with van der Waals surface area (Å²) in [6.07, 6.45) is 0.795. The quantitative estimate of drug-likeness (QED) is 0.715. The van der Waals surface area contributed by atoms with Crippen LogP contribution in [-0.2, 0) is 16.1 Å². The Morgan fingerprint density at radius 1 is 1.04 bits per heavy atom. The van der Waals surface area contributed by atoms with Gasteiger partial charge in [-0.25, -0.2) is 0 Å². The molecule has 0 radical (unpaired) electrons. The molecule has 3 aromatic rings. The molecule has 1 aliphatic heterocycles. The summed E-state index contributed by atoms with van der Waals surface area (Å²) in [6.45, 7) is 2.83. The minimum Gasteiger partial charge on any atom is -0.311 e. The fraction of sp³-hybridized carbons (Fsp3) is 0.217. The number of para-hydroxylation sites is 2. The van der Waals surface area contributed by atoms with Gasteiger partial charge in [-0.15, -0.1) is 0 Å². The summed E-state index contributed by atoms with van der Waals surface area (Å²) in [4.78, 5) is 28.5. The summed E-state index contributed by atoms with van der Waals surface area (Å²) in [5.74, 6) is -0.0355. The lowest BCUT2D eigenvalue weighted by molar-refractivity contribution is -0.120. The molecular weight excluding hydrogens is 350 g/mol. The third-order valence-electron chi connectivity index (χ3n) is 5.49. The fourth-order valence-electron chi connectivity index (χ4n) is 3.91. The molecule has 0 bridgehead atoms. The second-order valence-corrected chi connectivity index (χ2v) is 7.09. The van der Waals surface area contributed by atoms with Crippen molar-refractivity contribution in [3.63, 3.8) is 0 Å². The predicted octanol–water partition coefficient (Wildman–Crippen LogP) is 3.25. The first-order valence-electron chi connectivity index (χ1n) is 9.41. The normalized spacial score (nSPS) is 16.8. The molecule has 5 heteroatoms.